The molecule has 2 N–H and O–H groups in total. The van der Waals surface area contributed by atoms with Crippen molar-refractivity contribution in [2.45, 2.75) is 77.8 Å². The molecule has 4 nitrogen and oxygen atoms in total. The van der Waals surface area contributed by atoms with Gasteiger partial charge in [0.05, 0.1) is 11.3 Å². The summed E-state index contributed by atoms with van der Waals surface area (Å²) in [7, 11) is -4.21. The molecule has 0 saturated heterocycles. The van der Waals surface area contributed by atoms with E-state index < -0.39 is 16.6 Å². The fourth-order valence-electron chi connectivity index (χ4n) is 1.62. The molecule has 0 radical (unpaired) electrons. The van der Waals surface area contributed by atoms with Gasteiger partial charge in [-0.15, -0.1) is 0 Å². The smallest absolute Gasteiger partial charge is 0.324 e. The second-order valence-electron chi connectivity index (χ2n) is 9.76. The largest absolute Gasteiger partial charge is 0.542 e. The second-order valence-corrected chi connectivity index (χ2v) is 19.2. The zero-order chi connectivity index (χ0) is 19.8. The molecular weight excluding hydrogens is 346 g/mol. The number of rotatable bonds is 4. The molecule has 0 saturated carbocycles. The van der Waals surface area contributed by atoms with Gasteiger partial charge in [-0.05, 0) is 54.5 Å². The Morgan fingerprint density at radius 1 is 0.920 bits per heavy atom. The lowest BCUT2D eigenvalue weighted by Gasteiger charge is -2.37. The van der Waals surface area contributed by atoms with Gasteiger partial charge >= 0.3 is 5.97 Å². The van der Waals surface area contributed by atoms with Crippen LogP contribution in [0.2, 0.25) is 36.3 Å². The Labute approximate surface area is 155 Å². The van der Waals surface area contributed by atoms with E-state index >= 15 is 0 Å². The third kappa shape index (κ3) is 5.10. The average molecular weight is 382 g/mol. The van der Waals surface area contributed by atoms with Crippen molar-refractivity contribution in [2.24, 2.45) is 0 Å². The molecular formula is C19H35NO3Si2. The molecule has 0 aliphatic rings. The first kappa shape index (κ1) is 21.8. The summed E-state index contributed by atoms with van der Waals surface area (Å²) in [5, 5.41) is 0.0219. The third-order valence-corrected chi connectivity index (χ3v) is 14.2. The monoisotopic (exact) mass is 381 g/mol. The van der Waals surface area contributed by atoms with Crippen LogP contribution in [0.25, 0.3) is 0 Å². The van der Waals surface area contributed by atoms with Crippen LogP contribution in [-0.2, 0) is 4.43 Å². The van der Waals surface area contributed by atoms with Crippen molar-refractivity contribution in [3.8, 4) is 5.75 Å². The molecule has 0 spiro atoms. The lowest BCUT2D eigenvalue weighted by Crippen LogP contribution is -2.44. The van der Waals surface area contributed by atoms with Gasteiger partial charge in [0.25, 0.3) is 16.6 Å². The van der Waals surface area contributed by atoms with E-state index in [0.29, 0.717) is 17.0 Å². The molecule has 0 fully saturated rings. The molecule has 0 bridgehead atoms. The van der Waals surface area contributed by atoms with Gasteiger partial charge in [0.1, 0.15) is 5.75 Å². The highest BCUT2D eigenvalue weighted by molar-refractivity contribution is 6.75. The Balaban J connectivity index is 3.12. The first-order chi connectivity index (χ1) is 11.0. The van der Waals surface area contributed by atoms with E-state index in [-0.39, 0.29) is 16.0 Å². The van der Waals surface area contributed by atoms with Crippen LogP contribution in [0.3, 0.4) is 0 Å². The number of benzene rings is 1. The zero-order valence-electron chi connectivity index (χ0n) is 17.5. The van der Waals surface area contributed by atoms with E-state index in [4.69, 9.17) is 14.6 Å². The average Bonchev–Trinajstić information content (AvgIpc) is 2.37. The van der Waals surface area contributed by atoms with Crippen molar-refractivity contribution in [1.82, 2.24) is 0 Å². The Kier molecular flexibility index (Phi) is 5.92. The second kappa shape index (κ2) is 6.80. The Morgan fingerprint density at radius 3 is 1.84 bits per heavy atom. The number of hydrogen-bond donors (Lipinski definition) is 1. The Morgan fingerprint density at radius 2 is 1.40 bits per heavy atom. The van der Waals surface area contributed by atoms with Crippen molar-refractivity contribution in [3.63, 3.8) is 0 Å². The standard InChI is InChI=1S/C19H35NO3Si2/c1-18(2,3)24(7,8)22-16-13-14(11-12-15(16)20)17(21)23-25(9,10)19(4,5)6/h11-13H,20H2,1-10H3. The molecule has 0 aromatic heterocycles. The van der Waals surface area contributed by atoms with Gasteiger partial charge in [-0.1, -0.05) is 41.5 Å². The zero-order valence-corrected chi connectivity index (χ0v) is 19.5. The van der Waals surface area contributed by atoms with Crippen molar-refractivity contribution >= 4 is 28.3 Å². The lowest BCUT2D eigenvalue weighted by atomic mass is 10.2. The number of carbonyl (C=O) groups excluding carboxylic acids is 1. The Hall–Kier alpha value is -1.28. The minimum atomic E-state index is -2.17. The van der Waals surface area contributed by atoms with Crippen LogP contribution in [0.15, 0.2) is 18.2 Å². The van der Waals surface area contributed by atoms with Crippen molar-refractivity contribution in [3.05, 3.63) is 23.8 Å². The summed E-state index contributed by atoms with van der Waals surface area (Å²) in [5.74, 6) is 0.281. The molecule has 142 valence electrons. The topological polar surface area (TPSA) is 61.5 Å². The van der Waals surface area contributed by atoms with Gasteiger partial charge in [-0.25, -0.2) is 4.79 Å². The predicted octanol–water partition coefficient (Wildman–Crippen LogP) is 5.81. The SMILES string of the molecule is CC(C)(C)[Si](C)(C)OC(=O)c1ccc(N)c(O[Si](C)(C)C(C)(C)C)c1. The van der Waals surface area contributed by atoms with Crippen LogP contribution in [-0.4, -0.2) is 22.6 Å². The van der Waals surface area contributed by atoms with Gasteiger partial charge in [-0.3, -0.25) is 0 Å². The van der Waals surface area contributed by atoms with E-state index in [1.165, 1.54) is 0 Å². The summed E-state index contributed by atoms with van der Waals surface area (Å²) in [5.41, 5.74) is 7.13. The third-order valence-electron chi connectivity index (χ3n) is 5.57. The Bertz CT molecular complexity index is 641. The van der Waals surface area contributed by atoms with Crippen LogP contribution < -0.4 is 10.2 Å². The number of anilines is 1. The molecule has 25 heavy (non-hydrogen) atoms. The molecule has 0 unspecified atom stereocenters. The highest BCUT2D eigenvalue weighted by atomic mass is 28.4. The fourth-order valence-corrected chi connectivity index (χ4v) is 3.54. The maximum atomic E-state index is 12.7. The van der Waals surface area contributed by atoms with Crippen molar-refractivity contribution < 1.29 is 13.6 Å². The van der Waals surface area contributed by atoms with Crippen molar-refractivity contribution in [2.75, 3.05) is 5.73 Å². The molecule has 6 heteroatoms. The van der Waals surface area contributed by atoms with Gasteiger partial charge in [0.15, 0.2) is 0 Å². The fraction of sp³-hybridized carbons (Fsp3) is 0.632. The number of hydrogen-bond acceptors (Lipinski definition) is 4. The quantitative estimate of drug-likeness (QED) is 0.527. The molecule has 1 aromatic rings. The van der Waals surface area contributed by atoms with E-state index in [1.807, 2.05) is 0 Å². The minimum absolute atomic E-state index is 0.0308. The van der Waals surface area contributed by atoms with Gasteiger partial charge in [-0.2, -0.15) is 0 Å². The molecule has 0 heterocycles. The molecule has 0 aliphatic heterocycles. The molecule has 1 rings (SSSR count). The van der Waals surface area contributed by atoms with Gasteiger partial charge in [0, 0.05) is 0 Å². The van der Waals surface area contributed by atoms with Gasteiger partial charge < -0.3 is 14.6 Å². The molecule has 1 aromatic carbocycles. The van der Waals surface area contributed by atoms with E-state index in [9.17, 15) is 4.79 Å². The number of nitrogens with two attached hydrogens (primary N) is 1. The van der Waals surface area contributed by atoms with Crippen LogP contribution in [0.4, 0.5) is 5.69 Å². The molecule has 0 amide bonds. The summed E-state index contributed by atoms with van der Waals surface area (Å²) in [6, 6.07) is 5.17. The summed E-state index contributed by atoms with van der Waals surface area (Å²) in [4.78, 5) is 12.7. The number of nitrogen functional groups attached to an aromatic ring is 1. The highest BCUT2D eigenvalue weighted by Crippen LogP contribution is 2.40. The normalized spacial score (nSPS) is 13.5. The summed E-state index contributed by atoms with van der Waals surface area (Å²) < 4.78 is 12.2. The number of carbonyl (C=O) groups is 1. The van der Waals surface area contributed by atoms with Gasteiger partial charge in [0.2, 0.25) is 0 Å². The van der Waals surface area contributed by atoms with Crippen molar-refractivity contribution in [1.29, 1.82) is 0 Å². The minimum Gasteiger partial charge on any atom is -0.542 e. The van der Waals surface area contributed by atoms with Crippen LogP contribution in [0, 0.1) is 0 Å². The summed E-state index contributed by atoms with van der Waals surface area (Å²) >= 11 is 0. The lowest BCUT2D eigenvalue weighted by molar-refractivity contribution is 0.0712. The maximum absolute atomic E-state index is 12.7. The van der Waals surface area contributed by atoms with E-state index in [2.05, 4.69) is 67.7 Å². The summed E-state index contributed by atoms with van der Waals surface area (Å²) in [6.07, 6.45) is 0. The van der Waals surface area contributed by atoms with Crippen LogP contribution >= 0.6 is 0 Å². The molecule has 0 aliphatic carbocycles. The van der Waals surface area contributed by atoms with E-state index in [1.54, 1.807) is 18.2 Å². The molecule has 0 atom stereocenters. The highest BCUT2D eigenvalue weighted by Gasteiger charge is 2.41. The summed E-state index contributed by atoms with van der Waals surface area (Å²) in [6.45, 7) is 21.3. The first-order valence-corrected chi connectivity index (χ1v) is 14.6. The predicted molar refractivity (Wildman–Crippen MR) is 111 cm³/mol. The van der Waals surface area contributed by atoms with Crippen LogP contribution in [0.5, 0.6) is 5.75 Å². The van der Waals surface area contributed by atoms with E-state index in [0.717, 1.165) is 0 Å². The maximum Gasteiger partial charge on any atom is 0.324 e. The van der Waals surface area contributed by atoms with Crippen LogP contribution in [0.1, 0.15) is 51.9 Å². The first-order valence-electron chi connectivity index (χ1n) is 8.80.